The van der Waals surface area contributed by atoms with E-state index in [4.69, 9.17) is 4.52 Å². The second-order valence-electron chi connectivity index (χ2n) is 3.89. The molecule has 100 valence electrons. The molecule has 0 aliphatic rings. The Hall–Kier alpha value is -2.44. The average Bonchev–Trinajstić information content (AvgIpc) is 2.82. The maximum atomic E-state index is 13.8. The largest absolute Gasteiger partial charge is 0.371 e. The quantitative estimate of drug-likeness (QED) is 0.874. The van der Waals surface area contributed by atoms with E-state index in [-0.39, 0.29) is 17.9 Å². The molecule has 2 aromatic rings. The van der Waals surface area contributed by atoms with Gasteiger partial charge in [0.15, 0.2) is 17.4 Å². The molecular weight excluding hydrogens is 251 g/mol. The van der Waals surface area contributed by atoms with Crippen molar-refractivity contribution in [2.45, 2.75) is 13.5 Å². The van der Waals surface area contributed by atoms with Gasteiger partial charge in [0, 0.05) is 19.3 Å². The molecular formula is C12H13FN4O2. The number of pyridine rings is 1. The van der Waals surface area contributed by atoms with Crippen LogP contribution in [-0.2, 0) is 6.54 Å². The summed E-state index contributed by atoms with van der Waals surface area (Å²) in [6.07, 6.45) is 1.36. The van der Waals surface area contributed by atoms with Gasteiger partial charge in [-0.1, -0.05) is 5.16 Å². The standard InChI is InChI=1S/C12H13FN4O2/c1-7-5-8(19-17-7)6-16-12(18)9-3-4-15-11(14-2)10(9)13/h3-5H,6H2,1-2H3,(H,14,15)(H,16,18). The Morgan fingerprint density at radius 2 is 2.32 bits per heavy atom. The van der Waals surface area contributed by atoms with Gasteiger partial charge < -0.3 is 15.2 Å². The molecule has 0 aliphatic carbocycles. The molecule has 6 nitrogen and oxygen atoms in total. The van der Waals surface area contributed by atoms with Gasteiger partial charge in [-0.05, 0) is 13.0 Å². The minimum absolute atomic E-state index is 0.0307. The smallest absolute Gasteiger partial charge is 0.254 e. The van der Waals surface area contributed by atoms with E-state index in [9.17, 15) is 9.18 Å². The molecule has 0 spiro atoms. The summed E-state index contributed by atoms with van der Waals surface area (Å²) < 4.78 is 18.8. The van der Waals surface area contributed by atoms with Crippen LogP contribution in [0, 0.1) is 12.7 Å². The normalized spacial score (nSPS) is 10.3. The first-order chi connectivity index (χ1) is 9.11. The summed E-state index contributed by atoms with van der Waals surface area (Å²) in [6.45, 7) is 1.92. The number of aryl methyl sites for hydroxylation is 1. The molecule has 2 N–H and O–H groups in total. The molecule has 0 fully saturated rings. The summed E-state index contributed by atoms with van der Waals surface area (Å²) in [4.78, 5) is 15.6. The number of halogens is 1. The Kier molecular flexibility index (Phi) is 3.74. The van der Waals surface area contributed by atoms with Crippen molar-refractivity contribution >= 4 is 11.7 Å². The molecule has 0 aromatic carbocycles. The molecule has 0 bridgehead atoms. The van der Waals surface area contributed by atoms with Crippen LogP contribution in [0.3, 0.4) is 0 Å². The zero-order valence-corrected chi connectivity index (χ0v) is 10.5. The van der Waals surface area contributed by atoms with Crippen LogP contribution in [0.4, 0.5) is 10.2 Å². The molecule has 7 heteroatoms. The summed E-state index contributed by atoms with van der Waals surface area (Å²) >= 11 is 0. The van der Waals surface area contributed by atoms with Gasteiger partial charge in [-0.3, -0.25) is 4.79 Å². The van der Waals surface area contributed by atoms with Crippen LogP contribution in [0.1, 0.15) is 21.8 Å². The highest BCUT2D eigenvalue weighted by Crippen LogP contribution is 2.14. The number of rotatable bonds is 4. The topological polar surface area (TPSA) is 80.0 Å². The highest BCUT2D eigenvalue weighted by Gasteiger charge is 2.15. The van der Waals surface area contributed by atoms with Gasteiger partial charge in [-0.2, -0.15) is 0 Å². The molecule has 0 radical (unpaired) electrons. The fraction of sp³-hybridized carbons (Fsp3) is 0.250. The monoisotopic (exact) mass is 264 g/mol. The number of carbonyl (C=O) groups is 1. The van der Waals surface area contributed by atoms with Gasteiger partial charge >= 0.3 is 0 Å². The Morgan fingerprint density at radius 3 is 2.95 bits per heavy atom. The number of aromatic nitrogens is 2. The second-order valence-corrected chi connectivity index (χ2v) is 3.89. The molecule has 1 amide bonds. The number of hydrogen-bond donors (Lipinski definition) is 2. The second kappa shape index (κ2) is 5.47. The van der Waals surface area contributed by atoms with Crippen LogP contribution in [-0.4, -0.2) is 23.1 Å². The summed E-state index contributed by atoms with van der Waals surface area (Å²) in [6, 6.07) is 3.01. The van der Waals surface area contributed by atoms with Crippen LogP contribution in [0.5, 0.6) is 0 Å². The van der Waals surface area contributed by atoms with Gasteiger partial charge in [0.2, 0.25) is 0 Å². The number of amides is 1. The fourth-order valence-electron chi connectivity index (χ4n) is 1.56. The maximum absolute atomic E-state index is 13.8. The number of hydrogen-bond acceptors (Lipinski definition) is 5. The summed E-state index contributed by atoms with van der Waals surface area (Å²) in [5, 5.41) is 8.82. The predicted octanol–water partition coefficient (Wildman–Crippen LogP) is 1.49. The van der Waals surface area contributed by atoms with Gasteiger partial charge in [0.05, 0.1) is 17.8 Å². The van der Waals surface area contributed by atoms with E-state index in [2.05, 4.69) is 20.8 Å². The average molecular weight is 264 g/mol. The van der Waals surface area contributed by atoms with E-state index in [1.54, 1.807) is 13.0 Å². The number of nitrogens with zero attached hydrogens (tertiary/aromatic N) is 2. The van der Waals surface area contributed by atoms with Gasteiger partial charge in [0.25, 0.3) is 5.91 Å². The van der Waals surface area contributed by atoms with Gasteiger partial charge in [-0.15, -0.1) is 0 Å². The van der Waals surface area contributed by atoms with Crippen molar-refractivity contribution in [1.29, 1.82) is 0 Å². The van der Waals surface area contributed by atoms with Crippen LogP contribution in [0.2, 0.25) is 0 Å². The zero-order valence-electron chi connectivity index (χ0n) is 10.5. The molecule has 2 rings (SSSR count). The van der Waals surface area contributed by atoms with E-state index in [0.29, 0.717) is 5.76 Å². The molecule has 0 unspecified atom stereocenters. The first kappa shape index (κ1) is 13.0. The van der Waals surface area contributed by atoms with Crippen molar-refractivity contribution in [2.75, 3.05) is 12.4 Å². The lowest BCUT2D eigenvalue weighted by Gasteiger charge is -2.06. The Balaban J connectivity index is 2.08. The van der Waals surface area contributed by atoms with Crippen LogP contribution < -0.4 is 10.6 Å². The first-order valence-electron chi connectivity index (χ1n) is 5.64. The maximum Gasteiger partial charge on any atom is 0.254 e. The summed E-state index contributed by atoms with van der Waals surface area (Å²) in [5.41, 5.74) is 0.646. The molecule has 2 heterocycles. The lowest BCUT2D eigenvalue weighted by Crippen LogP contribution is -2.24. The van der Waals surface area contributed by atoms with Gasteiger partial charge in [0.1, 0.15) is 0 Å². The van der Waals surface area contributed by atoms with E-state index in [1.807, 2.05) is 0 Å². The highest BCUT2D eigenvalue weighted by molar-refractivity contribution is 5.95. The van der Waals surface area contributed by atoms with Crippen molar-refractivity contribution < 1.29 is 13.7 Å². The minimum atomic E-state index is -0.684. The number of anilines is 1. The molecule has 0 saturated carbocycles. The summed E-state index contributed by atoms with van der Waals surface area (Å²) in [7, 11) is 1.53. The Bertz CT molecular complexity index is 597. The lowest BCUT2D eigenvalue weighted by molar-refractivity contribution is 0.0943. The molecule has 2 aromatic heterocycles. The molecule has 0 aliphatic heterocycles. The first-order valence-corrected chi connectivity index (χ1v) is 5.64. The van der Waals surface area contributed by atoms with Crippen molar-refractivity contribution in [3.8, 4) is 0 Å². The highest BCUT2D eigenvalue weighted by atomic mass is 19.1. The molecule has 0 atom stereocenters. The van der Waals surface area contributed by atoms with Gasteiger partial charge in [-0.25, -0.2) is 9.37 Å². The van der Waals surface area contributed by atoms with Crippen molar-refractivity contribution in [3.63, 3.8) is 0 Å². The van der Waals surface area contributed by atoms with Crippen molar-refractivity contribution in [3.05, 3.63) is 41.2 Å². The molecule has 19 heavy (non-hydrogen) atoms. The number of nitrogens with one attached hydrogen (secondary N) is 2. The zero-order chi connectivity index (χ0) is 13.8. The summed E-state index contributed by atoms with van der Waals surface area (Å²) in [5.74, 6) is -0.681. The van der Waals surface area contributed by atoms with E-state index in [0.717, 1.165) is 5.69 Å². The van der Waals surface area contributed by atoms with E-state index >= 15 is 0 Å². The van der Waals surface area contributed by atoms with Crippen LogP contribution >= 0.6 is 0 Å². The molecule has 0 saturated heterocycles. The van der Waals surface area contributed by atoms with E-state index in [1.165, 1.54) is 19.3 Å². The lowest BCUT2D eigenvalue weighted by atomic mass is 10.2. The van der Waals surface area contributed by atoms with Crippen molar-refractivity contribution in [2.24, 2.45) is 0 Å². The van der Waals surface area contributed by atoms with E-state index < -0.39 is 11.7 Å². The van der Waals surface area contributed by atoms with Crippen LogP contribution in [0.15, 0.2) is 22.9 Å². The third-order valence-corrected chi connectivity index (χ3v) is 2.47. The predicted molar refractivity (Wildman–Crippen MR) is 66.2 cm³/mol. The van der Waals surface area contributed by atoms with Crippen LogP contribution in [0.25, 0.3) is 0 Å². The van der Waals surface area contributed by atoms with Crippen molar-refractivity contribution in [1.82, 2.24) is 15.5 Å². The fourth-order valence-corrected chi connectivity index (χ4v) is 1.56. The Labute approximate surface area is 109 Å². The third-order valence-electron chi connectivity index (χ3n) is 2.47. The number of carbonyl (C=O) groups excluding carboxylic acids is 1. The minimum Gasteiger partial charge on any atom is -0.371 e. The SMILES string of the molecule is CNc1nccc(C(=O)NCc2cc(C)no2)c1F. The Morgan fingerprint density at radius 1 is 1.53 bits per heavy atom. The third kappa shape index (κ3) is 2.87.